The molecule has 1 amide bonds. The molecule has 0 radical (unpaired) electrons. The van der Waals surface area contributed by atoms with Crippen LogP contribution in [0.4, 0.5) is 4.39 Å². The number of carbonyl (C=O) groups excluding carboxylic acids is 1. The van der Waals surface area contributed by atoms with Crippen LogP contribution in [0.3, 0.4) is 0 Å². The predicted molar refractivity (Wildman–Crippen MR) is 118 cm³/mol. The Kier molecular flexibility index (Phi) is 6.06. The van der Waals surface area contributed by atoms with E-state index in [1.165, 1.54) is 35.7 Å². The molecule has 0 N–H and O–H groups in total. The first-order chi connectivity index (χ1) is 14.0. The SMILES string of the molecule is COc1ccc(C2SCC(=O)N2C2=NN=C(c3cc(F)c(Cl)cc3Cl)CS2)cc1. The van der Waals surface area contributed by atoms with Crippen LogP contribution in [0.5, 0.6) is 5.75 Å². The average molecular weight is 470 g/mol. The summed E-state index contributed by atoms with van der Waals surface area (Å²) in [5.74, 6) is 0.917. The van der Waals surface area contributed by atoms with Crippen molar-refractivity contribution in [2.45, 2.75) is 5.37 Å². The van der Waals surface area contributed by atoms with Crippen LogP contribution in [0.25, 0.3) is 0 Å². The van der Waals surface area contributed by atoms with Gasteiger partial charge in [0.2, 0.25) is 5.91 Å². The molecule has 1 unspecified atom stereocenters. The van der Waals surface area contributed by atoms with E-state index in [1.807, 2.05) is 24.3 Å². The van der Waals surface area contributed by atoms with Crippen LogP contribution in [0.2, 0.25) is 10.0 Å². The van der Waals surface area contributed by atoms with Gasteiger partial charge in [0.25, 0.3) is 0 Å². The number of amides is 1. The summed E-state index contributed by atoms with van der Waals surface area (Å²) in [5, 5.41) is 9.04. The van der Waals surface area contributed by atoms with E-state index in [0.29, 0.717) is 33.0 Å². The number of hydrogen-bond acceptors (Lipinski definition) is 6. The molecule has 2 heterocycles. The summed E-state index contributed by atoms with van der Waals surface area (Å²) in [6.45, 7) is 0. The van der Waals surface area contributed by atoms with Crippen LogP contribution >= 0.6 is 46.7 Å². The number of rotatable bonds is 3. The van der Waals surface area contributed by atoms with Crippen molar-refractivity contribution in [2.24, 2.45) is 10.2 Å². The first-order valence-electron chi connectivity index (χ1n) is 8.48. The maximum absolute atomic E-state index is 13.8. The second-order valence-corrected chi connectivity index (χ2v) is 8.99. The largest absolute Gasteiger partial charge is 0.497 e. The molecule has 1 fully saturated rings. The minimum Gasteiger partial charge on any atom is -0.497 e. The van der Waals surface area contributed by atoms with E-state index < -0.39 is 5.82 Å². The summed E-state index contributed by atoms with van der Waals surface area (Å²) in [4.78, 5) is 14.2. The van der Waals surface area contributed by atoms with Crippen LogP contribution in [-0.2, 0) is 4.79 Å². The van der Waals surface area contributed by atoms with Crippen molar-refractivity contribution >= 4 is 63.5 Å². The van der Waals surface area contributed by atoms with Crippen LogP contribution in [-0.4, -0.2) is 40.3 Å². The average Bonchev–Trinajstić information content (AvgIpc) is 3.12. The Hall–Kier alpha value is -1.74. The predicted octanol–water partition coefficient (Wildman–Crippen LogP) is 5.22. The van der Waals surface area contributed by atoms with E-state index in [1.54, 1.807) is 12.0 Å². The molecule has 5 nitrogen and oxygen atoms in total. The zero-order valence-electron chi connectivity index (χ0n) is 15.1. The minimum absolute atomic E-state index is 0.0312. The highest BCUT2D eigenvalue weighted by molar-refractivity contribution is 8.14. The molecule has 1 saturated heterocycles. The lowest BCUT2D eigenvalue weighted by Crippen LogP contribution is -2.34. The molecule has 0 spiro atoms. The van der Waals surface area contributed by atoms with Gasteiger partial charge in [-0.25, -0.2) is 4.39 Å². The minimum atomic E-state index is -0.570. The van der Waals surface area contributed by atoms with E-state index in [4.69, 9.17) is 27.9 Å². The van der Waals surface area contributed by atoms with Gasteiger partial charge >= 0.3 is 0 Å². The molecule has 0 aliphatic carbocycles. The normalized spacial score (nSPS) is 19.2. The van der Waals surface area contributed by atoms with Crippen molar-refractivity contribution in [3.63, 3.8) is 0 Å². The molecule has 4 rings (SSSR count). The Morgan fingerprint density at radius 1 is 1.14 bits per heavy atom. The van der Waals surface area contributed by atoms with Crippen LogP contribution in [0, 0.1) is 5.82 Å². The van der Waals surface area contributed by atoms with Gasteiger partial charge in [0.15, 0.2) is 5.17 Å². The van der Waals surface area contributed by atoms with Gasteiger partial charge in [-0.2, -0.15) is 5.10 Å². The van der Waals surface area contributed by atoms with Crippen molar-refractivity contribution < 1.29 is 13.9 Å². The van der Waals surface area contributed by atoms with Gasteiger partial charge in [0.05, 0.1) is 28.6 Å². The monoisotopic (exact) mass is 469 g/mol. The second kappa shape index (κ2) is 8.55. The third-order valence-corrected chi connectivity index (χ3v) is 7.16. The molecule has 2 aliphatic rings. The van der Waals surface area contributed by atoms with Gasteiger partial charge in [-0.15, -0.1) is 16.9 Å². The molecule has 2 aromatic rings. The summed E-state index contributed by atoms with van der Waals surface area (Å²) < 4.78 is 19.0. The van der Waals surface area contributed by atoms with Crippen molar-refractivity contribution in [2.75, 3.05) is 18.6 Å². The Labute approximate surface area is 185 Å². The molecule has 1 atom stereocenters. The van der Waals surface area contributed by atoms with E-state index in [0.717, 1.165) is 11.3 Å². The second-order valence-electron chi connectivity index (χ2n) is 6.16. The molecule has 0 bridgehead atoms. The zero-order chi connectivity index (χ0) is 20.5. The number of nitrogens with zero attached hydrogens (tertiary/aromatic N) is 3. The van der Waals surface area contributed by atoms with Gasteiger partial charge in [0, 0.05) is 11.3 Å². The Bertz CT molecular complexity index is 1030. The van der Waals surface area contributed by atoms with Crippen molar-refractivity contribution in [1.82, 2.24) is 4.90 Å². The fourth-order valence-electron chi connectivity index (χ4n) is 2.93. The molecule has 10 heteroatoms. The first-order valence-corrected chi connectivity index (χ1v) is 11.3. The summed E-state index contributed by atoms with van der Waals surface area (Å²) in [5.41, 5.74) is 1.94. The smallest absolute Gasteiger partial charge is 0.239 e. The van der Waals surface area contributed by atoms with E-state index in [-0.39, 0.29) is 16.3 Å². The lowest BCUT2D eigenvalue weighted by atomic mass is 10.1. The van der Waals surface area contributed by atoms with Crippen LogP contribution in [0.1, 0.15) is 16.5 Å². The quantitative estimate of drug-likeness (QED) is 0.578. The fourth-order valence-corrected chi connectivity index (χ4v) is 5.57. The van der Waals surface area contributed by atoms with Crippen LogP contribution in [0.15, 0.2) is 46.6 Å². The Balaban J connectivity index is 1.62. The maximum Gasteiger partial charge on any atom is 0.239 e. The van der Waals surface area contributed by atoms with Gasteiger partial charge in [-0.1, -0.05) is 47.1 Å². The van der Waals surface area contributed by atoms with Gasteiger partial charge in [-0.05, 0) is 29.8 Å². The lowest BCUT2D eigenvalue weighted by molar-refractivity contribution is -0.124. The van der Waals surface area contributed by atoms with E-state index >= 15 is 0 Å². The number of amidine groups is 1. The van der Waals surface area contributed by atoms with Crippen molar-refractivity contribution in [1.29, 1.82) is 0 Å². The summed E-state index contributed by atoms with van der Waals surface area (Å²) in [7, 11) is 1.61. The zero-order valence-corrected chi connectivity index (χ0v) is 18.2. The maximum atomic E-state index is 13.8. The van der Waals surface area contributed by atoms with Gasteiger partial charge < -0.3 is 4.74 Å². The summed E-state index contributed by atoms with van der Waals surface area (Å²) in [6.07, 6.45) is 0. The molecule has 150 valence electrons. The number of methoxy groups -OCH3 is 1. The highest BCUT2D eigenvalue weighted by Gasteiger charge is 2.37. The van der Waals surface area contributed by atoms with Gasteiger partial charge in [-0.3, -0.25) is 9.69 Å². The third kappa shape index (κ3) is 4.12. The molecule has 29 heavy (non-hydrogen) atoms. The highest BCUT2D eigenvalue weighted by atomic mass is 35.5. The molecule has 0 aromatic heterocycles. The third-order valence-electron chi connectivity index (χ3n) is 4.39. The number of halogens is 3. The Morgan fingerprint density at radius 3 is 2.55 bits per heavy atom. The molecular weight excluding hydrogens is 456 g/mol. The standard InChI is InChI=1S/C19H14Cl2FN3O2S2/c1-27-11-4-2-10(3-5-11)18-25(17(26)9-28-18)19-24-23-16(8-29-19)12-6-15(22)14(21)7-13(12)20/h2-7,18H,8-9H2,1H3. The number of benzene rings is 2. The fraction of sp³-hybridized carbons (Fsp3) is 0.211. The lowest BCUT2D eigenvalue weighted by Gasteiger charge is -2.26. The van der Waals surface area contributed by atoms with Crippen molar-refractivity contribution in [3.05, 3.63) is 63.4 Å². The number of ether oxygens (including phenoxy) is 1. The highest BCUT2D eigenvalue weighted by Crippen LogP contribution is 2.41. The molecule has 0 saturated carbocycles. The van der Waals surface area contributed by atoms with E-state index in [9.17, 15) is 9.18 Å². The number of hydrogen-bond donors (Lipinski definition) is 0. The first kappa shape index (κ1) is 20.5. The van der Waals surface area contributed by atoms with Gasteiger partial charge in [0.1, 0.15) is 16.9 Å². The van der Waals surface area contributed by atoms with Crippen LogP contribution < -0.4 is 4.74 Å². The topological polar surface area (TPSA) is 54.3 Å². The summed E-state index contributed by atoms with van der Waals surface area (Å²) >= 11 is 14.8. The number of carbonyl (C=O) groups is 1. The molecule has 2 aliphatic heterocycles. The molecular formula is C19H14Cl2FN3O2S2. The Morgan fingerprint density at radius 2 is 1.90 bits per heavy atom. The number of thioether (sulfide) groups is 2. The van der Waals surface area contributed by atoms with Crippen molar-refractivity contribution in [3.8, 4) is 5.75 Å². The molecule has 2 aromatic carbocycles. The summed E-state index contributed by atoms with van der Waals surface area (Å²) in [6, 6.07) is 10.2. The van der Waals surface area contributed by atoms with E-state index in [2.05, 4.69) is 10.2 Å².